The van der Waals surface area contributed by atoms with Crippen molar-refractivity contribution in [2.45, 2.75) is 13.8 Å². The van der Waals surface area contributed by atoms with E-state index in [2.05, 4.69) is 5.32 Å². The van der Waals surface area contributed by atoms with Gasteiger partial charge in [0.25, 0.3) is 11.5 Å². The van der Waals surface area contributed by atoms with E-state index in [9.17, 15) is 14.9 Å². The number of aromatic nitrogens is 2. The highest BCUT2D eigenvalue weighted by molar-refractivity contribution is 6.09. The average Bonchev–Trinajstić information content (AvgIpc) is 2.91. The van der Waals surface area contributed by atoms with Gasteiger partial charge in [-0.2, -0.15) is 5.26 Å². The number of nitriles is 1. The van der Waals surface area contributed by atoms with Gasteiger partial charge < -0.3 is 5.32 Å². The van der Waals surface area contributed by atoms with Crippen LogP contribution in [0.15, 0.2) is 65.0 Å². The lowest BCUT2D eigenvalue weighted by Crippen LogP contribution is -2.23. The van der Waals surface area contributed by atoms with Gasteiger partial charge in [0.05, 0.1) is 11.4 Å². The molecule has 0 saturated carbocycles. The summed E-state index contributed by atoms with van der Waals surface area (Å²) in [4.78, 5) is 25.6. The lowest BCUT2D eigenvalue weighted by atomic mass is 10.1. The first-order valence-corrected chi connectivity index (χ1v) is 8.77. The Kier molecular flexibility index (Phi) is 5.28. The highest BCUT2D eigenvalue weighted by Crippen LogP contribution is 2.16. The average molecular weight is 372 g/mol. The van der Waals surface area contributed by atoms with Crippen molar-refractivity contribution in [3.63, 3.8) is 0 Å². The van der Waals surface area contributed by atoms with Crippen molar-refractivity contribution in [3.8, 4) is 11.8 Å². The molecule has 0 bridgehead atoms. The molecule has 1 amide bonds. The van der Waals surface area contributed by atoms with Gasteiger partial charge in [-0.1, -0.05) is 42.5 Å². The van der Waals surface area contributed by atoms with Crippen molar-refractivity contribution in [1.82, 2.24) is 9.36 Å². The largest absolute Gasteiger partial charge is 0.315 e. The predicted octanol–water partition coefficient (Wildman–Crippen LogP) is 3.34. The molecule has 1 N–H and O–H groups in total. The van der Waals surface area contributed by atoms with Crippen LogP contribution >= 0.6 is 0 Å². The SMILES string of the molecule is Cc1ccccc1/C=C(\C#N)C(=O)Nc1c(C)n(C)n(-c2ccccc2)c1=O. The molecule has 3 aromatic rings. The fourth-order valence-electron chi connectivity index (χ4n) is 2.95. The van der Waals surface area contributed by atoms with Crippen LogP contribution in [0, 0.1) is 25.2 Å². The van der Waals surface area contributed by atoms with Gasteiger partial charge in [-0.3, -0.25) is 14.3 Å². The van der Waals surface area contributed by atoms with Crippen molar-refractivity contribution in [2.75, 3.05) is 5.32 Å². The molecule has 0 fully saturated rings. The van der Waals surface area contributed by atoms with Gasteiger partial charge in [0.15, 0.2) is 0 Å². The smallest absolute Gasteiger partial charge is 0.295 e. The molecule has 0 aliphatic heterocycles. The predicted molar refractivity (Wildman–Crippen MR) is 109 cm³/mol. The molecule has 3 rings (SSSR count). The lowest BCUT2D eigenvalue weighted by molar-refractivity contribution is -0.112. The summed E-state index contributed by atoms with van der Waals surface area (Å²) in [5.41, 5.74) is 2.74. The Labute approximate surface area is 162 Å². The van der Waals surface area contributed by atoms with Gasteiger partial charge in [0, 0.05) is 7.05 Å². The van der Waals surface area contributed by atoms with Crippen LogP contribution < -0.4 is 10.9 Å². The van der Waals surface area contributed by atoms with Crippen molar-refractivity contribution in [3.05, 3.63) is 87.3 Å². The number of aryl methyl sites for hydroxylation is 1. The maximum Gasteiger partial charge on any atom is 0.295 e. The number of anilines is 1. The van der Waals surface area contributed by atoms with Crippen LogP contribution in [0.3, 0.4) is 0 Å². The number of hydrogen-bond acceptors (Lipinski definition) is 3. The third-order valence-electron chi connectivity index (χ3n) is 4.65. The summed E-state index contributed by atoms with van der Waals surface area (Å²) >= 11 is 0. The van der Waals surface area contributed by atoms with Crippen LogP contribution in [0.5, 0.6) is 0 Å². The number of para-hydroxylation sites is 1. The van der Waals surface area contributed by atoms with E-state index in [-0.39, 0.29) is 16.8 Å². The molecule has 1 aromatic heterocycles. The topological polar surface area (TPSA) is 79.8 Å². The van der Waals surface area contributed by atoms with Gasteiger partial charge >= 0.3 is 0 Å². The van der Waals surface area contributed by atoms with E-state index >= 15 is 0 Å². The van der Waals surface area contributed by atoms with Crippen LogP contribution in [0.4, 0.5) is 5.69 Å². The molecule has 0 aliphatic rings. The minimum atomic E-state index is -0.614. The minimum Gasteiger partial charge on any atom is -0.315 e. The monoisotopic (exact) mass is 372 g/mol. The van der Waals surface area contributed by atoms with Gasteiger partial charge in [0.2, 0.25) is 0 Å². The molecule has 0 atom stereocenters. The van der Waals surface area contributed by atoms with E-state index in [1.807, 2.05) is 67.6 Å². The minimum absolute atomic E-state index is 0.0665. The number of amides is 1. The van der Waals surface area contributed by atoms with Crippen molar-refractivity contribution >= 4 is 17.7 Å². The van der Waals surface area contributed by atoms with Gasteiger partial charge in [-0.25, -0.2) is 4.68 Å². The van der Waals surface area contributed by atoms with E-state index in [1.165, 1.54) is 10.8 Å². The Bertz CT molecular complexity index is 1160. The molecule has 0 unspecified atom stereocenters. The van der Waals surface area contributed by atoms with E-state index in [0.717, 1.165) is 11.1 Å². The van der Waals surface area contributed by atoms with E-state index in [1.54, 1.807) is 18.7 Å². The molecule has 1 heterocycles. The number of rotatable bonds is 4. The summed E-state index contributed by atoms with van der Waals surface area (Å²) in [6.07, 6.45) is 1.53. The van der Waals surface area contributed by atoms with Crippen molar-refractivity contribution < 1.29 is 4.79 Å². The Balaban J connectivity index is 1.98. The molecule has 28 heavy (non-hydrogen) atoms. The molecule has 140 valence electrons. The van der Waals surface area contributed by atoms with Crippen molar-refractivity contribution in [2.24, 2.45) is 7.05 Å². The van der Waals surface area contributed by atoms with Crippen LogP contribution in [0.25, 0.3) is 11.8 Å². The molecule has 0 aliphatic carbocycles. The fourth-order valence-corrected chi connectivity index (χ4v) is 2.95. The normalized spacial score (nSPS) is 11.1. The first-order chi connectivity index (χ1) is 13.4. The number of carbonyl (C=O) groups excluding carboxylic acids is 1. The fraction of sp³-hybridized carbons (Fsp3) is 0.136. The highest BCUT2D eigenvalue weighted by Gasteiger charge is 2.20. The van der Waals surface area contributed by atoms with Crippen molar-refractivity contribution in [1.29, 1.82) is 5.26 Å². The number of carbonyl (C=O) groups is 1. The second-order valence-electron chi connectivity index (χ2n) is 6.42. The molecular weight excluding hydrogens is 352 g/mol. The van der Waals surface area contributed by atoms with Gasteiger partial charge in [-0.15, -0.1) is 0 Å². The van der Waals surface area contributed by atoms with Crippen LogP contribution in [0.1, 0.15) is 16.8 Å². The molecule has 0 radical (unpaired) electrons. The standard InChI is InChI=1S/C22H20N4O2/c1-15-9-7-8-10-17(15)13-18(14-23)21(27)24-20-16(2)25(3)26(22(20)28)19-11-5-4-6-12-19/h4-13H,1-3H3,(H,24,27)/b18-13+. The number of benzene rings is 2. The maximum absolute atomic E-state index is 12.9. The molecule has 6 heteroatoms. The lowest BCUT2D eigenvalue weighted by Gasteiger charge is -2.07. The zero-order valence-corrected chi connectivity index (χ0v) is 15.9. The van der Waals surface area contributed by atoms with E-state index in [0.29, 0.717) is 11.4 Å². The third-order valence-corrected chi connectivity index (χ3v) is 4.65. The number of nitrogens with one attached hydrogen (secondary N) is 1. The summed E-state index contributed by atoms with van der Waals surface area (Å²) in [5, 5.41) is 12.1. The van der Waals surface area contributed by atoms with Crippen LogP contribution in [0.2, 0.25) is 0 Å². The quantitative estimate of drug-likeness (QED) is 0.563. The highest BCUT2D eigenvalue weighted by atomic mass is 16.2. The van der Waals surface area contributed by atoms with E-state index < -0.39 is 5.91 Å². The molecule has 6 nitrogen and oxygen atoms in total. The van der Waals surface area contributed by atoms with E-state index in [4.69, 9.17) is 0 Å². The Hall–Kier alpha value is -3.85. The Morgan fingerprint density at radius 2 is 1.71 bits per heavy atom. The summed E-state index contributed by atoms with van der Waals surface area (Å²) < 4.78 is 3.15. The molecule has 0 spiro atoms. The molecular formula is C22H20N4O2. The van der Waals surface area contributed by atoms with Crippen LogP contribution in [-0.4, -0.2) is 15.3 Å². The zero-order chi connectivity index (χ0) is 20.3. The van der Waals surface area contributed by atoms with Gasteiger partial charge in [-0.05, 0) is 43.2 Å². The second kappa shape index (κ2) is 7.80. The summed E-state index contributed by atoms with van der Waals surface area (Å²) in [6.45, 7) is 3.65. The number of hydrogen-bond donors (Lipinski definition) is 1. The Morgan fingerprint density at radius 3 is 2.36 bits per heavy atom. The summed E-state index contributed by atoms with van der Waals surface area (Å²) in [6, 6.07) is 18.5. The molecule has 0 saturated heterocycles. The Morgan fingerprint density at radius 1 is 1.07 bits per heavy atom. The summed E-state index contributed by atoms with van der Waals surface area (Å²) in [5.74, 6) is -0.614. The zero-order valence-electron chi connectivity index (χ0n) is 15.9. The third kappa shape index (κ3) is 3.51. The number of nitrogens with zero attached hydrogens (tertiary/aromatic N) is 3. The first kappa shape index (κ1) is 18.9. The maximum atomic E-state index is 12.9. The van der Waals surface area contributed by atoms with Crippen LogP contribution in [-0.2, 0) is 11.8 Å². The van der Waals surface area contributed by atoms with Gasteiger partial charge in [0.1, 0.15) is 17.3 Å². The first-order valence-electron chi connectivity index (χ1n) is 8.77. The second-order valence-corrected chi connectivity index (χ2v) is 6.42. The summed E-state index contributed by atoms with van der Waals surface area (Å²) in [7, 11) is 1.74. The molecule has 2 aromatic carbocycles.